The summed E-state index contributed by atoms with van der Waals surface area (Å²) in [5, 5.41) is 3.06. The van der Waals surface area contributed by atoms with Crippen LogP contribution in [0.25, 0.3) is 11.0 Å². The number of anilines is 3. The number of hydrogen-bond donors (Lipinski definition) is 3. The Kier molecular flexibility index (Phi) is 6.24. The highest BCUT2D eigenvalue weighted by Crippen LogP contribution is 2.30. The Hall–Kier alpha value is -3.93. The smallest absolute Gasteiger partial charge is 0.236 e. The average Bonchev–Trinajstić information content (AvgIpc) is 3.21. The van der Waals surface area contributed by atoms with Gasteiger partial charge < -0.3 is 5.32 Å². The number of aromatic nitrogens is 3. The lowest BCUT2D eigenvalue weighted by Gasteiger charge is -2.11. The molecule has 0 fully saturated rings. The fourth-order valence-electron chi connectivity index (χ4n) is 3.45. The Morgan fingerprint density at radius 2 is 1.97 bits per heavy atom. The number of ketones is 1. The van der Waals surface area contributed by atoms with Crippen molar-refractivity contribution < 1.29 is 31.4 Å². The number of halogens is 3. The van der Waals surface area contributed by atoms with E-state index in [2.05, 4.69) is 20.3 Å². The van der Waals surface area contributed by atoms with Crippen LogP contribution in [0.15, 0.2) is 48.9 Å². The zero-order valence-electron chi connectivity index (χ0n) is 17.7. The predicted octanol–water partition coefficient (Wildman–Crippen LogP) is 3.92. The molecule has 0 spiro atoms. The van der Waals surface area contributed by atoms with Gasteiger partial charge in [-0.05, 0) is 36.8 Å². The highest BCUT2D eigenvalue weighted by molar-refractivity contribution is 7.92. The van der Waals surface area contributed by atoms with Crippen LogP contribution >= 0.6 is 0 Å². The molecule has 0 unspecified atom stereocenters. The van der Waals surface area contributed by atoms with Crippen molar-refractivity contribution in [1.29, 1.82) is 0 Å². The van der Waals surface area contributed by atoms with Gasteiger partial charge in [0.1, 0.15) is 17.0 Å². The second-order valence-electron chi connectivity index (χ2n) is 7.37. The summed E-state index contributed by atoms with van der Waals surface area (Å²) in [4.78, 5) is 23.0. The fraction of sp³-hybridized carbons (Fsp3) is 0.136. The average molecular weight is 490 g/mol. The number of carbonyl (C=O) groups is 1. The van der Waals surface area contributed by atoms with Crippen molar-refractivity contribution in [1.82, 2.24) is 9.97 Å². The van der Waals surface area contributed by atoms with Crippen molar-refractivity contribution >= 4 is 44.0 Å². The normalized spacial score (nSPS) is 11.5. The molecule has 4 aromatic rings. The van der Waals surface area contributed by atoms with E-state index < -0.39 is 44.5 Å². The third kappa shape index (κ3) is 4.57. The molecule has 0 atom stereocenters. The molecule has 12 heteroatoms. The Morgan fingerprint density at radius 3 is 2.71 bits per heavy atom. The van der Waals surface area contributed by atoms with Crippen LogP contribution in [0.2, 0.25) is 0 Å². The zero-order valence-corrected chi connectivity index (χ0v) is 18.6. The van der Waals surface area contributed by atoms with Crippen molar-refractivity contribution in [3.05, 3.63) is 77.5 Å². The van der Waals surface area contributed by atoms with E-state index in [-0.39, 0.29) is 28.9 Å². The molecule has 2 aromatic carbocycles. The Labute approximate surface area is 192 Å². The molecule has 4 rings (SSSR count). The molecule has 0 radical (unpaired) electrons. The maximum atomic E-state index is 15.2. The van der Waals surface area contributed by atoms with Gasteiger partial charge in [-0.2, -0.15) is 0 Å². The van der Waals surface area contributed by atoms with Gasteiger partial charge >= 0.3 is 0 Å². The van der Waals surface area contributed by atoms with Crippen LogP contribution in [0.1, 0.15) is 29.3 Å². The van der Waals surface area contributed by atoms with E-state index in [0.717, 1.165) is 12.1 Å². The van der Waals surface area contributed by atoms with Crippen LogP contribution in [-0.4, -0.2) is 29.9 Å². The predicted molar refractivity (Wildman–Crippen MR) is 120 cm³/mol. The summed E-state index contributed by atoms with van der Waals surface area (Å²) in [6.45, 7) is 1.63. The van der Waals surface area contributed by atoms with Crippen molar-refractivity contribution in [2.24, 2.45) is 0 Å². The van der Waals surface area contributed by atoms with Crippen molar-refractivity contribution in [2.45, 2.75) is 13.3 Å². The van der Waals surface area contributed by atoms with Crippen LogP contribution in [0.3, 0.4) is 0 Å². The van der Waals surface area contributed by atoms with Gasteiger partial charge in [0.15, 0.2) is 5.82 Å². The van der Waals surface area contributed by atoms with Gasteiger partial charge in [-0.3, -0.25) is 14.5 Å². The molecule has 2 heterocycles. The van der Waals surface area contributed by atoms with Crippen LogP contribution in [0.4, 0.5) is 30.4 Å². The van der Waals surface area contributed by atoms with E-state index in [0.29, 0.717) is 11.3 Å². The van der Waals surface area contributed by atoms with E-state index in [4.69, 9.17) is 0 Å². The van der Waals surface area contributed by atoms with E-state index in [1.54, 1.807) is 13.0 Å². The summed E-state index contributed by atoms with van der Waals surface area (Å²) in [6, 6.07) is 7.24. The largest absolute Gasteiger partial charge is 0.326 e. The lowest BCUT2D eigenvalue weighted by Crippen LogP contribution is -2.18. The van der Waals surface area contributed by atoms with Crippen molar-refractivity contribution in [2.75, 3.05) is 15.8 Å². The summed E-state index contributed by atoms with van der Waals surface area (Å²) in [6.07, 6.45) is 2.84. The van der Waals surface area contributed by atoms with Gasteiger partial charge in [0, 0.05) is 5.69 Å². The number of nitrogens with zero attached hydrogens (tertiary/aromatic N) is 1. The van der Waals surface area contributed by atoms with Crippen LogP contribution < -0.4 is 15.0 Å². The Balaban J connectivity index is 1.79. The Bertz CT molecular complexity index is 1510. The van der Waals surface area contributed by atoms with Gasteiger partial charge in [-0.15, -0.1) is 0 Å². The molecule has 0 aliphatic heterocycles. The van der Waals surface area contributed by atoms with E-state index in [9.17, 15) is 22.0 Å². The van der Waals surface area contributed by atoms with Crippen LogP contribution in [-0.2, 0) is 10.0 Å². The second kappa shape index (κ2) is 9.14. The molecular formula is C22H19F3N5O3S+. The molecule has 34 heavy (non-hydrogen) atoms. The SMILES string of the molecule is CCCS(=O)(=O)Nc1ccc(F)c(C(=O)c2c[nH]c3[nH+]cnc(Nc4cccc(F)c4)c23)c1F. The van der Waals surface area contributed by atoms with E-state index in [1.807, 2.05) is 4.72 Å². The van der Waals surface area contributed by atoms with E-state index in [1.165, 1.54) is 30.7 Å². The first-order valence-electron chi connectivity index (χ1n) is 10.1. The molecule has 0 saturated heterocycles. The minimum absolute atomic E-state index is 0.129. The molecular weight excluding hydrogens is 471 g/mol. The fourth-order valence-corrected chi connectivity index (χ4v) is 4.58. The van der Waals surface area contributed by atoms with E-state index >= 15 is 4.39 Å². The number of fused-ring (bicyclic) bond motifs is 1. The van der Waals surface area contributed by atoms with Gasteiger partial charge in [-0.1, -0.05) is 18.0 Å². The number of rotatable bonds is 8. The molecule has 2 aromatic heterocycles. The summed E-state index contributed by atoms with van der Waals surface area (Å²) in [5.74, 6) is -4.19. The summed E-state index contributed by atoms with van der Waals surface area (Å²) >= 11 is 0. The third-order valence-corrected chi connectivity index (χ3v) is 6.38. The van der Waals surface area contributed by atoms with Crippen LogP contribution in [0, 0.1) is 17.5 Å². The minimum Gasteiger partial charge on any atom is -0.326 e. The zero-order chi connectivity index (χ0) is 24.5. The number of aromatic amines is 2. The lowest BCUT2D eigenvalue weighted by molar-refractivity contribution is -0.352. The second-order valence-corrected chi connectivity index (χ2v) is 9.21. The summed E-state index contributed by atoms with van der Waals surface area (Å²) in [7, 11) is -3.88. The van der Waals surface area contributed by atoms with Gasteiger partial charge in [0.25, 0.3) is 0 Å². The molecule has 4 N–H and O–H groups in total. The molecule has 0 bridgehead atoms. The molecule has 0 aliphatic rings. The highest BCUT2D eigenvalue weighted by Gasteiger charge is 2.28. The number of benzene rings is 2. The van der Waals surface area contributed by atoms with Gasteiger partial charge in [0.2, 0.25) is 33.6 Å². The maximum Gasteiger partial charge on any atom is 0.236 e. The first-order chi connectivity index (χ1) is 16.2. The number of carbonyl (C=O) groups excluding carboxylic acids is 1. The van der Waals surface area contributed by atoms with Crippen molar-refractivity contribution in [3.8, 4) is 0 Å². The summed E-state index contributed by atoms with van der Waals surface area (Å²) in [5.41, 5.74) is -0.953. The van der Waals surface area contributed by atoms with Crippen LogP contribution in [0.5, 0.6) is 0 Å². The molecule has 0 saturated carbocycles. The molecule has 0 amide bonds. The number of H-pyrrole nitrogens is 2. The van der Waals surface area contributed by atoms with Gasteiger partial charge in [0.05, 0.1) is 28.8 Å². The summed E-state index contributed by atoms with van der Waals surface area (Å²) < 4.78 is 69.5. The Morgan fingerprint density at radius 1 is 1.18 bits per heavy atom. The maximum absolute atomic E-state index is 15.2. The molecule has 8 nitrogen and oxygen atoms in total. The molecule has 0 aliphatic carbocycles. The number of hydrogen-bond acceptors (Lipinski definition) is 5. The van der Waals surface area contributed by atoms with Crippen molar-refractivity contribution in [3.63, 3.8) is 0 Å². The molecule has 176 valence electrons. The topological polar surface area (TPSA) is 118 Å². The number of sulfonamides is 1. The minimum atomic E-state index is -3.88. The quantitative estimate of drug-likeness (QED) is 0.324. The monoisotopic (exact) mass is 490 g/mol. The first-order valence-corrected chi connectivity index (χ1v) is 11.8. The standard InChI is InChI=1S/C22H18F3N5O3S/c1-2-8-34(32,33)30-16-7-6-15(24)18(19(16)25)20(31)14-10-26-21-17(14)22(28-11-27-21)29-13-5-3-4-12(23)9-13/h3-7,9-11,30H,2,8H2,1H3,(H2,26,27,28,29)/p+1. The third-order valence-electron chi connectivity index (χ3n) is 4.91. The lowest BCUT2D eigenvalue weighted by atomic mass is 10.0. The van der Waals surface area contributed by atoms with Gasteiger partial charge in [-0.25, -0.2) is 26.6 Å². The first kappa shape index (κ1) is 23.2. The highest BCUT2D eigenvalue weighted by atomic mass is 32.2. The number of nitrogens with one attached hydrogen (secondary N) is 4.